The van der Waals surface area contributed by atoms with E-state index in [1.54, 1.807) is 0 Å². The lowest BCUT2D eigenvalue weighted by Gasteiger charge is -2.29. The number of rotatable bonds is 5. The number of benzene rings is 1. The van der Waals surface area contributed by atoms with Crippen LogP contribution in [0.5, 0.6) is 0 Å². The zero-order valence-corrected chi connectivity index (χ0v) is 18.8. The molecule has 0 radical (unpaired) electrons. The van der Waals surface area contributed by atoms with Gasteiger partial charge >= 0.3 is 0 Å². The maximum Gasteiger partial charge on any atom is 0.274 e. The Morgan fingerprint density at radius 2 is 1.84 bits per heavy atom. The van der Waals surface area contributed by atoms with E-state index in [2.05, 4.69) is 35.3 Å². The lowest BCUT2D eigenvalue weighted by molar-refractivity contribution is 0.0297. The molecule has 5 rings (SSSR count). The molecule has 0 unspecified atom stereocenters. The van der Waals surface area contributed by atoms with Gasteiger partial charge in [-0.1, -0.05) is 30.3 Å². The van der Waals surface area contributed by atoms with Crippen LogP contribution < -0.4 is 0 Å². The van der Waals surface area contributed by atoms with E-state index in [1.165, 1.54) is 16.8 Å². The van der Waals surface area contributed by atoms with Crippen molar-refractivity contribution in [2.45, 2.75) is 33.0 Å². The first kappa shape index (κ1) is 20.9. The van der Waals surface area contributed by atoms with Crippen molar-refractivity contribution in [1.82, 2.24) is 29.4 Å². The van der Waals surface area contributed by atoms with Gasteiger partial charge in [0.05, 0.1) is 25.5 Å². The number of fused-ring (bicyclic) bond motifs is 1. The fraction of sp³-hybridized carbons (Fsp3) is 0.458. The number of carbonyl (C=O) groups is 1. The third-order valence-corrected chi connectivity index (χ3v) is 6.40. The number of hydrogen-bond donors (Lipinski definition) is 0. The van der Waals surface area contributed by atoms with Crippen LogP contribution in [-0.2, 0) is 37.8 Å². The Hall–Kier alpha value is -2.97. The molecule has 8 heteroatoms. The predicted octanol–water partition coefficient (Wildman–Crippen LogP) is 2.00. The van der Waals surface area contributed by atoms with Crippen LogP contribution in [-0.4, -0.2) is 68.1 Å². The summed E-state index contributed by atoms with van der Waals surface area (Å²) in [6.45, 7) is 7.65. The highest BCUT2D eigenvalue weighted by atomic mass is 16.5. The lowest BCUT2D eigenvalue weighted by atomic mass is 10.0. The summed E-state index contributed by atoms with van der Waals surface area (Å²) >= 11 is 0. The van der Waals surface area contributed by atoms with E-state index in [4.69, 9.17) is 9.84 Å². The Kier molecular flexibility index (Phi) is 5.80. The van der Waals surface area contributed by atoms with Gasteiger partial charge in [0.1, 0.15) is 0 Å². The number of ether oxygens (including phenoxy) is 1. The molecule has 1 saturated heterocycles. The van der Waals surface area contributed by atoms with Gasteiger partial charge in [-0.15, -0.1) is 0 Å². The summed E-state index contributed by atoms with van der Waals surface area (Å²) in [5, 5.41) is 9.35. The minimum atomic E-state index is 0.0239. The molecule has 0 aliphatic carbocycles. The molecule has 3 aromatic rings. The molecule has 1 aromatic carbocycles. The van der Waals surface area contributed by atoms with Gasteiger partial charge in [-0.2, -0.15) is 10.2 Å². The Morgan fingerprint density at radius 1 is 1.06 bits per heavy atom. The van der Waals surface area contributed by atoms with Gasteiger partial charge in [-0.25, -0.2) is 0 Å². The molecule has 1 fully saturated rings. The van der Waals surface area contributed by atoms with E-state index in [0.29, 0.717) is 38.5 Å². The van der Waals surface area contributed by atoms with Crippen molar-refractivity contribution in [1.29, 1.82) is 0 Å². The van der Waals surface area contributed by atoms with Gasteiger partial charge < -0.3 is 9.64 Å². The fourth-order valence-corrected chi connectivity index (χ4v) is 4.70. The van der Waals surface area contributed by atoms with E-state index in [9.17, 15) is 4.79 Å². The van der Waals surface area contributed by atoms with E-state index in [1.807, 2.05) is 39.5 Å². The topological polar surface area (TPSA) is 68.4 Å². The van der Waals surface area contributed by atoms with Crippen LogP contribution >= 0.6 is 0 Å². The number of nitrogens with zero attached hydrogens (tertiary/aromatic N) is 6. The van der Waals surface area contributed by atoms with Crippen molar-refractivity contribution in [2.24, 2.45) is 7.05 Å². The van der Waals surface area contributed by atoms with Gasteiger partial charge in [-0.05, 0) is 12.5 Å². The average molecular weight is 435 g/mol. The molecule has 32 heavy (non-hydrogen) atoms. The first-order valence-corrected chi connectivity index (χ1v) is 11.3. The Labute approximate surface area is 188 Å². The van der Waals surface area contributed by atoms with Crippen LogP contribution in [0.2, 0.25) is 0 Å². The first-order valence-electron chi connectivity index (χ1n) is 11.3. The zero-order chi connectivity index (χ0) is 22.1. The van der Waals surface area contributed by atoms with E-state index in [0.717, 1.165) is 37.3 Å². The van der Waals surface area contributed by atoms with Gasteiger partial charge in [-0.3, -0.25) is 19.1 Å². The van der Waals surface area contributed by atoms with E-state index < -0.39 is 0 Å². The monoisotopic (exact) mass is 434 g/mol. The van der Waals surface area contributed by atoms with Crippen LogP contribution in [0.25, 0.3) is 0 Å². The van der Waals surface area contributed by atoms with Crippen molar-refractivity contribution in [3.05, 3.63) is 70.3 Å². The summed E-state index contributed by atoms with van der Waals surface area (Å²) in [5.74, 6) is 0.0239. The van der Waals surface area contributed by atoms with Crippen molar-refractivity contribution in [3.8, 4) is 0 Å². The quantitative estimate of drug-likeness (QED) is 0.615. The molecule has 1 amide bonds. The smallest absolute Gasteiger partial charge is 0.274 e. The third-order valence-electron chi connectivity index (χ3n) is 6.40. The molecule has 0 bridgehead atoms. The van der Waals surface area contributed by atoms with Crippen LogP contribution in [0.3, 0.4) is 0 Å². The Bertz CT molecular complexity index is 1100. The second kappa shape index (κ2) is 8.88. The van der Waals surface area contributed by atoms with E-state index >= 15 is 0 Å². The number of carbonyl (C=O) groups excluding carboxylic acids is 1. The highest BCUT2D eigenvalue weighted by Gasteiger charge is 2.31. The van der Waals surface area contributed by atoms with Crippen LogP contribution in [0.15, 0.2) is 36.5 Å². The van der Waals surface area contributed by atoms with Gasteiger partial charge in [0.15, 0.2) is 5.69 Å². The zero-order valence-electron chi connectivity index (χ0n) is 18.8. The second-order valence-electron chi connectivity index (χ2n) is 8.70. The Balaban J connectivity index is 1.44. The van der Waals surface area contributed by atoms with Gasteiger partial charge in [0.2, 0.25) is 0 Å². The molecular weight excluding hydrogens is 404 g/mol. The van der Waals surface area contributed by atoms with Crippen LogP contribution in [0.1, 0.15) is 38.6 Å². The molecule has 2 aliphatic heterocycles. The second-order valence-corrected chi connectivity index (χ2v) is 8.70. The molecule has 2 aliphatic rings. The first-order chi connectivity index (χ1) is 15.6. The summed E-state index contributed by atoms with van der Waals surface area (Å²) in [6, 6.07) is 10.3. The number of morpholine rings is 1. The SMILES string of the molecule is Cc1nn(C)cc1CN1CCc2c(c(C(=O)N3CCOCC3)nn2Cc2ccccc2)C1. The Morgan fingerprint density at radius 3 is 2.56 bits per heavy atom. The normalized spacial score (nSPS) is 16.9. The van der Waals surface area contributed by atoms with Gasteiger partial charge in [0.25, 0.3) is 5.91 Å². The molecule has 168 valence electrons. The molecule has 0 atom stereocenters. The average Bonchev–Trinajstić information content (AvgIpc) is 3.33. The fourth-order valence-electron chi connectivity index (χ4n) is 4.70. The van der Waals surface area contributed by atoms with E-state index in [-0.39, 0.29) is 5.91 Å². The minimum absolute atomic E-state index is 0.0239. The highest BCUT2D eigenvalue weighted by molar-refractivity contribution is 5.94. The molecule has 2 aromatic heterocycles. The molecule has 8 nitrogen and oxygen atoms in total. The van der Waals surface area contributed by atoms with Crippen LogP contribution in [0, 0.1) is 6.92 Å². The molecule has 0 N–H and O–H groups in total. The lowest BCUT2D eigenvalue weighted by Crippen LogP contribution is -2.41. The number of amides is 1. The highest BCUT2D eigenvalue weighted by Crippen LogP contribution is 2.26. The maximum absolute atomic E-state index is 13.4. The summed E-state index contributed by atoms with van der Waals surface area (Å²) in [7, 11) is 1.96. The number of aryl methyl sites for hydroxylation is 2. The molecule has 4 heterocycles. The summed E-state index contributed by atoms with van der Waals surface area (Å²) in [6.07, 6.45) is 2.97. The largest absolute Gasteiger partial charge is 0.378 e. The summed E-state index contributed by atoms with van der Waals surface area (Å²) in [5.41, 5.74) is 6.34. The van der Waals surface area contributed by atoms with Crippen molar-refractivity contribution < 1.29 is 9.53 Å². The molecule has 0 saturated carbocycles. The maximum atomic E-state index is 13.4. The summed E-state index contributed by atoms with van der Waals surface area (Å²) < 4.78 is 9.36. The van der Waals surface area contributed by atoms with Crippen LogP contribution in [0.4, 0.5) is 0 Å². The number of aromatic nitrogens is 4. The molecular formula is C24H30N6O2. The number of hydrogen-bond acceptors (Lipinski definition) is 5. The standard InChI is InChI=1S/C24H30N6O2/c1-18-20(15-27(2)25-18)16-28-9-8-22-21(17-28)23(24(31)29-10-12-32-13-11-29)26-30(22)14-19-6-4-3-5-7-19/h3-7,15H,8-14,16-17H2,1-2H3. The third kappa shape index (κ3) is 4.20. The van der Waals surface area contributed by atoms with Crippen molar-refractivity contribution in [3.63, 3.8) is 0 Å². The van der Waals surface area contributed by atoms with Crippen molar-refractivity contribution >= 4 is 5.91 Å². The minimum Gasteiger partial charge on any atom is -0.378 e. The molecule has 0 spiro atoms. The van der Waals surface area contributed by atoms with Gasteiger partial charge in [0, 0.05) is 69.2 Å². The van der Waals surface area contributed by atoms with Crippen molar-refractivity contribution in [2.75, 3.05) is 32.8 Å². The predicted molar refractivity (Wildman–Crippen MR) is 120 cm³/mol. The summed E-state index contributed by atoms with van der Waals surface area (Å²) in [4.78, 5) is 17.7.